The minimum Gasteiger partial charge on any atom is -0.495 e. The van der Waals surface area contributed by atoms with Crippen molar-refractivity contribution < 1.29 is 18.3 Å². The van der Waals surface area contributed by atoms with Crippen molar-refractivity contribution in [3.63, 3.8) is 0 Å². The minimum atomic E-state index is -2.79. The zero-order valence-corrected chi connectivity index (χ0v) is 23.3. The van der Waals surface area contributed by atoms with Crippen LogP contribution in [-0.4, -0.2) is 37.4 Å². The molecule has 2 aromatic carbocycles. The number of hydrogen-bond acceptors (Lipinski definition) is 6. The van der Waals surface area contributed by atoms with Gasteiger partial charge in [0.1, 0.15) is 11.4 Å². The number of Topliss-reactive ketones (excluding diaryl/α,β-unsaturated/α-hetero) is 1. The van der Waals surface area contributed by atoms with Crippen molar-refractivity contribution in [1.29, 1.82) is 0 Å². The second kappa shape index (κ2) is 11.6. The maximum atomic E-state index is 13.5. The fourth-order valence-corrected chi connectivity index (χ4v) is 5.02. The van der Waals surface area contributed by atoms with Gasteiger partial charge in [0.05, 0.1) is 36.7 Å². The Morgan fingerprint density at radius 3 is 2.56 bits per heavy atom. The van der Waals surface area contributed by atoms with E-state index in [9.17, 15) is 18.4 Å². The van der Waals surface area contributed by atoms with Gasteiger partial charge in [-0.25, -0.2) is 13.5 Å². The van der Waals surface area contributed by atoms with Crippen molar-refractivity contribution >= 4 is 28.3 Å². The summed E-state index contributed by atoms with van der Waals surface area (Å²) in [6.07, 6.45) is 0.328. The number of aromatic nitrogens is 5. The van der Waals surface area contributed by atoms with Crippen LogP contribution in [0, 0.1) is 6.92 Å². The van der Waals surface area contributed by atoms with E-state index in [1.165, 1.54) is 28.6 Å². The molecule has 3 aromatic heterocycles. The number of ketones is 1. The van der Waals surface area contributed by atoms with Gasteiger partial charge >= 0.3 is 0 Å². The van der Waals surface area contributed by atoms with E-state index in [-0.39, 0.29) is 12.2 Å². The number of pyridine rings is 2. The van der Waals surface area contributed by atoms with Crippen molar-refractivity contribution in [3.05, 3.63) is 99.3 Å². The predicted octanol–water partition coefficient (Wildman–Crippen LogP) is 6.32. The van der Waals surface area contributed by atoms with E-state index >= 15 is 0 Å². The van der Waals surface area contributed by atoms with Gasteiger partial charge in [0.15, 0.2) is 5.78 Å². The molecule has 0 radical (unpaired) electrons. The molecular formula is C30H26ClF2N5O3. The molecule has 41 heavy (non-hydrogen) atoms. The van der Waals surface area contributed by atoms with Crippen molar-refractivity contribution in [1.82, 2.24) is 24.5 Å². The molecule has 0 aliphatic heterocycles. The van der Waals surface area contributed by atoms with Crippen LogP contribution in [-0.2, 0) is 11.2 Å². The Kier molecular flexibility index (Phi) is 7.94. The smallest absolute Gasteiger partial charge is 0.283 e. The van der Waals surface area contributed by atoms with E-state index in [2.05, 4.69) is 15.3 Å². The molecule has 0 aliphatic carbocycles. The topological polar surface area (TPSA) is 91.9 Å². The largest absolute Gasteiger partial charge is 0.495 e. The summed E-state index contributed by atoms with van der Waals surface area (Å²) in [6.45, 7) is 3.76. The molecule has 1 atom stereocenters. The van der Waals surface area contributed by atoms with Crippen molar-refractivity contribution in [2.45, 2.75) is 39.2 Å². The summed E-state index contributed by atoms with van der Waals surface area (Å²) in [6, 6.07) is 14.9. The molecule has 0 spiro atoms. The first-order chi connectivity index (χ1) is 19.7. The van der Waals surface area contributed by atoms with Crippen LogP contribution in [0.1, 0.15) is 42.8 Å². The standard InChI is InChI=1S/C30H26ClF2N5O3/c1-4-25(27(39)12-18-6-9-23-19(11-18)7-5-17(2)34-23)37-16-28(41-3)22(14-29(37)40)21-13-20(31)8-10-26(21)38-15-24(30(32)33)35-36-38/h5-11,13-16,25,30H,4,12H2,1-3H3/t25-/m0/s1. The Hall–Kier alpha value is -4.44. The van der Waals surface area contributed by atoms with Gasteiger partial charge in [-0.15, -0.1) is 5.10 Å². The lowest BCUT2D eigenvalue weighted by Crippen LogP contribution is -2.30. The Balaban J connectivity index is 1.51. The molecule has 0 unspecified atom stereocenters. The monoisotopic (exact) mass is 577 g/mol. The van der Waals surface area contributed by atoms with Crippen LogP contribution in [0.5, 0.6) is 5.75 Å². The summed E-state index contributed by atoms with van der Waals surface area (Å²) in [4.78, 5) is 31.4. The van der Waals surface area contributed by atoms with Crippen LogP contribution < -0.4 is 10.3 Å². The zero-order valence-electron chi connectivity index (χ0n) is 22.5. The molecule has 0 saturated carbocycles. The number of benzene rings is 2. The molecule has 210 valence electrons. The second-order valence-electron chi connectivity index (χ2n) is 9.60. The van der Waals surface area contributed by atoms with Crippen LogP contribution in [0.15, 0.2) is 71.8 Å². The van der Waals surface area contributed by atoms with Gasteiger partial charge in [-0.1, -0.05) is 35.9 Å². The third-order valence-electron chi connectivity index (χ3n) is 6.86. The number of ether oxygens (including phenoxy) is 1. The number of carbonyl (C=O) groups is 1. The Morgan fingerprint density at radius 2 is 1.85 bits per heavy atom. The minimum absolute atomic E-state index is 0.130. The maximum Gasteiger partial charge on any atom is 0.283 e. The van der Waals surface area contributed by atoms with E-state index in [1.807, 2.05) is 44.2 Å². The normalized spacial score (nSPS) is 12.2. The third kappa shape index (κ3) is 5.74. The average molecular weight is 578 g/mol. The van der Waals surface area contributed by atoms with E-state index in [0.717, 1.165) is 28.4 Å². The highest BCUT2D eigenvalue weighted by Gasteiger charge is 2.24. The van der Waals surface area contributed by atoms with E-state index in [1.54, 1.807) is 18.2 Å². The lowest BCUT2D eigenvalue weighted by molar-refractivity contribution is -0.121. The SMILES string of the molecule is CC[C@@H](C(=O)Cc1ccc2nc(C)ccc2c1)n1cc(OC)c(-c2cc(Cl)ccc2-n2cc(C(F)F)nn2)cc1=O. The molecule has 8 nitrogen and oxygen atoms in total. The van der Waals surface area contributed by atoms with Crippen molar-refractivity contribution in [2.24, 2.45) is 0 Å². The number of methoxy groups -OCH3 is 1. The third-order valence-corrected chi connectivity index (χ3v) is 7.09. The van der Waals surface area contributed by atoms with Gasteiger partial charge < -0.3 is 9.30 Å². The number of hydrogen-bond donors (Lipinski definition) is 0. The molecule has 0 N–H and O–H groups in total. The molecule has 0 aliphatic rings. The van der Waals surface area contributed by atoms with Crippen LogP contribution in [0.25, 0.3) is 27.7 Å². The summed E-state index contributed by atoms with van der Waals surface area (Å²) in [5, 5.41) is 8.63. The van der Waals surface area contributed by atoms with Crippen molar-refractivity contribution in [2.75, 3.05) is 7.11 Å². The Bertz CT molecular complexity index is 1820. The number of alkyl halides is 2. The van der Waals surface area contributed by atoms with Crippen LogP contribution in [0.2, 0.25) is 5.02 Å². The maximum absolute atomic E-state index is 13.5. The van der Waals surface area contributed by atoms with Crippen LogP contribution >= 0.6 is 11.6 Å². The summed E-state index contributed by atoms with van der Waals surface area (Å²) in [7, 11) is 1.44. The molecule has 0 saturated heterocycles. The molecule has 5 rings (SSSR count). The molecule has 0 bridgehead atoms. The van der Waals surface area contributed by atoms with Gasteiger partial charge in [-0.2, -0.15) is 0 Å². The number of nitrogens with zero attached hydrogens (tertiary/aromatic N) is 5. The van der Waals surface area contributed by atoms with E-state index in [4.69, 9.17) is 16.3 Å². The second-order valence-corrected chi connectivity index (χ2v) is 10.0. The van der Waals surface area contributed by atoms with E-state index in [0.29, 0.717) is 34.0 Å². The fourth-order valence-electron chi connectivity index (χ4n) is 4.85. The highest BCUT2D eigenvalue weighted by Crippen LogP contribution is 2.36. The fraction of sp³-hybridized carbons (Fsp3) is 0.233. The molecular weight excluding hydrogens is 552 g/mol. The molecule has 3 heterocycles. The Morgan fingerprint density at radius 1 is 1.05 bits per heavy atom. The Labute approximate surface area is 239 Å². The van der Waals surface area contributed by atoms with Crippen LogP contribution in [0.3, 0.4) is 0 Å². The summed E-state index contributed by atoms with van der Waals surface area (Å²) in [5.41, 5.74) is 2.81. The quantitative estimate of drug-likeness (QED) is 0.204. The number of halogens is 3. The van der Waals surface area contributed by atoms with Gasteiger partial charge in [0.25, 0.3) is 12.0 Å². The molecule has 0 fully saturated rings. The van der Waals surface area contributed by atoms with Gasteiger partial charge in [0, 0.05) is 39.7 Å². The summed E-state index contributed by atoms with van der Waals surface area (Å²) < 4.78 is 34.5. The van der Waals surface area contributed by atoms with Crippen LogP contribution in [0.4, 0.5) is 8.78 Å². The number of carbonyl (C=O) groups excluding carboxylic acids is 1. The van der Waals surface area contributed by atoms with Gasteiger partial charge in [-0.05, 0) is 55.3 Å². The van der Waals surface area contributed by atoms with Gasteiger partial charge in [0.2, 0.25) is 0 Å². The molecule has 0 amide bonds. The highest BCUT2D eigenvalue weighted by atomic mass is 35.5. The summed E-state index contributed by atoms with van der Waals surface area (Å²) in [5.74, 6) is 0.162. The first kappa shape index (κ1) is 28.1. The first-order valence-corrected chi connectivity index (χ1v) is 13.3. The van der Waals surface area contributed by atoms with Crippen molar-refractivity contribution in [3.8, 4) is 22.6 Å². The predicted molar refractivity (Wildman–Crippen MR) is 152 cm³/mol. The van der Waals surface area contributed by atoms with Gasteiger partial charge in [-0.3, -0.25) is 14.6 Å². The highest BCUT2D eigenvalue weighted by molar-refractivity contribution is 6.31. The summed E-state index contributed by atoms with van der Waals surface area (Å²) >= 11 is 6.27. The molecule has 11 heteroatoms. The lowest BCUT2D eigenvalue weighted by atomic mass is 9.99. The lowest BCUT2D eigenvalue weighted by Gasteiger charge is -2.20. The zero-order chi connectivity index (χ0) is 29.3. The van der Waals surface area contributed by atoms with E-state index < -0.39 is 23.7 Å². The first-order valence-electron chi connectivity index (χ1n) is 12.9. The number of rotatable bonds is 9. The number of fused-ring (bicyclic) bond motifs is 1. The average Bonchev–Trinajstić information content (AvgIpc) is 3.45. The number of aryl methyl sites for hydroxylation is 1. The molecule has 5 aromatic rings.